The number of methoxy groups -OCH3 is 1. The van der Waals surface area contributed by atoms with Gasteiger partial charge >= 0.3 is 5.97 Å². The van der Waals surface area contributed by atoms with Gasteiger partial charge in [-0.2, -0.15) is 0 Å². The first-order valence-corrected chi connectivity index (χ1v) is 9.88. The van der Waals surface area contributed by atoms with Crippen molar-refractivity contribution in [3.05, 3.63) is 0 Å². The van der Waals surface area contributed by atoms with E-state index in [-0.39, 0.29) is 11.9 Å². The fourth-order valence-electron chi connectivity index (χ4n) is 3.30. The van der Waals surface area contributed by atoms with E-state index in [9.17, 15) is 4.79 Å². The van der Waals surface area contributed by atoms with Crippen molar-refractivity contribution in [2.45, 2.75) is 89.9 Å². The third-order valence-corrected chi connectivity index (χ3v) is 4.86. The van der Waals surface area contributed by atoms with E-state index < -0.39 is 0 Å². The molecule has 1 atom stereocenters. The van der Waals surface area contributed by atoms with Gasteiger partial charge in [0.2, 0.25) is 0 Å². The standard InChI is InChI=1S/C19H38N2O2/c1-23-19(22)18-15-13-11-9-7-5-3-2-4-6-8-10-12-14-16-20-21-17-18/h18,20-21H,2-17H2,1H3. The molecule has 0 radical (unpaired) electrons. The van der Waals surface area contributed by atoms with Gasteiger partial charge in [-0.1, -0.05) is 77.0 Å². The van der Waals surface area contributed by atoms with Crippen molar-refractivity contribution < 1.29 is 9.53 Å². The summed E-state index contributed by atoms with van der Waals surface area (Å²) >= 11 is 0. The van der Waals surface area contributed by atoms with Gasteiger partial charge in [0.15, 0.2) is 0 Å². The number of carbonyl (C=O) groups is 1. The van der Waals surface area contributed by atoms with Crippen LogP contribution in [0.1, 0.15) is 89.9 Å². The van der Waals surface area contributed by atoms with E-state index in [0.29, 0.717) is 6.54 Å². The van der Waals surface area contributed by atoms with Crippen LogP contribution in [-0.4, -0.2) is 26.2 Å². The van der Waals surface area contributed by atoms with Gasteiger partial charge in [0, 0.05) is 13.1 Å². The Morgan fingerprint density at radius 1 is 0.739 bits per heavy atom. The molecule has 0 bridgehead atoms. The van der Waals surface area contributed by atoms with Crippen LogP contribution in [0, 0.1) is 5.92 Å². The Bertz CT molecular complexity index is 265. The quantitative estimate of drug-likeness (QED) is 0.704. The molecule has 1 fully saturated rings. The number of hydrogen-bond donors (Lipinski definition) is 2. The van der Waals surface area contributed by atoms with E-state index >= 15 is 0 Å². The minimum absolute atomic E-state index is 0.0189. The SMILES string of the molecule is COC(=O)C1CCCCCCCCCCCCCCCNNC1. The van der Waals surface area contributed by atoms with Crippen molar-refractivity contribution in [3.63, 3.8) is 0 Å². The van der Waals surface area contributed by atoms with Crippen LogP contribution < -0.4 is 10.9 Å². The Labute approximate surface area is 143 Å². The molecular formula is C19H38N2O2. The Morgan fingerprint density at radius 3 is 1.74 bits per heavy atom. The van der Waals surface area contributed by atoms with Gasteiger partial charge in [-0.25, -0.2) is 0 Å². The average Bonchev–Trinajstić information content (AvgIpc) is 2.57. The first-order chi connectivity index (χ1) is 11.3. The number of hydrogen-bond acceptors (Lipinski definition) is 4. The molecule has 4 heteroatoms. The first-order valence-electron chi connectivity index (χ1n) is 9.88. The van der Waals surface area contributed by atoms with Gasteiger partial charge in [-0.15, -0.1) is 0 Å². The third kappa shape index (κ3) is 11.5. The lowest BCUT2D eigenvalue weighted by molar-refractivity contribution is -0.145. The molecule has 1 unspecified atom stereocenters. The van der Waals surface area contributed by atoms with Crippen molar-refractivity contribution in [3.8, 4) is 0 Å². The Hall–Kier alpha value is -0.610. The van der Waals surface area contributed by atoms with E-state index in [1.165, 1.54) is 84.2 Å². The number of ether oxygens (including phenoxy) is 1. The monoisotopic (exact) mass is 326 g/mol. The topological polar surface area (TPSA) is 50.4 Å². The first kappa shape index (κ1) is 20.4. The molecule has 1 saturated heterocycles. The van der Waals surface area contributed by atoms with Crippen molar-refractivity contribution >= 4 is 5.97 Å². The van der Waals surface area contributed by atoms with Gasteiger partial charge in [0.25, 0.3) is 0 Å². The van der Waals surface area contributed by atoms with Crippen LogP contribution in [-0.2, 0) is 9.53 Å². The number of nitrogens with one attached hydrogen (secondary N) is 2. The lowest BCUT2D eigenvalue weighted by Gasteiger charge is -2.16. The summed E-state index contributed by atoms with van der Waals surface area (Å²) in [7, 11) is 1.49. The summed E-state index contributed by atoms with van der Waals surface area (Å²) in [4.78, 5) is 11.8. The molecule has 0 aromatic heterocycles. The van der Waals surface area contributed by atoms with Gasteiger partial charge in [-0.3, -0.25) is 15.6 Å². The predicted octanol–water partition coefficient (Wildman–Crippen LogP) is 4.34. The zero-order chi connectivity index (χ0) is 16.6. The van der Waals surface area contributed by atoms with Crippen LogP contribution in [0.4, 0.5) is 0 Å². The highest BCUT2D eigenvalue weighted by Gasteiger charge is 2.18. The molecular weight excluding hydrogens is 288 g/mol. The molecule has 0 amide bonds. The van der Waals surface area contributed by atoms with Gasteiger partial charge in [0.05, 0.1) is 13.0 Å². The fraction of sp³-hybridized carbons (Fsp3) is 0.947. The summed E-state index contributed by atoms with van der Waals surface area (Å²) in [6.07, 6.45) is 18.2. The third-order valence-electron chi connectivity index (χ3n) is 4.86. The van der Waals surface area contributed by atoms with Crippen LogP contribution in [0.2, 0.25) is 0 Å². The smallest absolute Gasteiger partial charge is 0.310 e. The van der Waals surface area contributed by atoms with E-state index in [1.54, 1.807) is 0 Å². The van der Waals surface area contributed by atoms with Crippen molar-refractivity contribution in [1.82, 2.24) is 10.9 Å². The Morgan fingerprint density at radius 2 is 1.22 bits per heavy atom. The summed E-state index contributed by atoms with van der Waals surface area (Å²) in [6.45, 7) is 1.65. The summed E-state index contributed by atoms with van der Waals surface area (Å²) < 4.78 is 4.93. The fourth-order valence-corrected chi connectivity index (χ4v) is 3.30. The van der Waals surface area contributed by atoms with Crippen LogP contribution >= 0.6 is 0 Å². The lowest BCUT2D eigenvalue weighted by atomic mass is 10.00. The maximum atomic E-state index is 11.8. The van der Waals surface area contributed by atoms with Gasteiger partial charge in [0.1, 0.15) is 0 Å². The Kier molecular flexibility index (Phi) is 13.3. The van der Waals surface area contributed by atoms with Gasteiger partial charge < -0.3 is 4.74 Å². The second-order valence-electron chi connectivity index (χ2n) is 6.91. The molecule has 0 aromatic rings. The van der Waals surface area contributed by atoms with Crippen LogP contribution in [0.15, 0.2) is 0 Å². The maximum absolute atomic E-state index is 11.8. The van der Waals surface area contributed by atoms with E-state index in [1.807, 2.05) is 0 Å². The molecule has 0 saturated carbocycles. The lowest BCUT2D eigenvalue weighted by Crippen LogP contribution is -2.39. The zero-order valence-corrected chi connectivity index (χ0v) is 15.2. The molecule has 0 aliphatic carbocycles. The summed E-state index contributed by atoms with van der Waals surface area (Å²) in [6, 6.07) is 0. The molecule has 1 rings (SSSR count). The second kappa shape index (κ2) is 14.9. The molecule has 1 aliphatic rings. The van der Waals surface area contributed by atoms with E-state index in [0.717, 1.165) is 19.4 Å². The molecule has 2 N–H and O–H groups in total. The number of esters is 1. The Balaban J connectivity index is 2.28. The molecule has 23 heavy (non-hydrogen) atoms. The van der Waals surface area contributed by atoms with Crippen molar-refractivity contribution in [2.75, 3.05) is 20.2 Å². The van der Waals surface area contributed by atoms with Crippen molar-refractivity contribution in [1.29, 1.82) is 0 Å². The van der Waals surface area contributed by atoms with Crippen LogP contribution in [0.25, 0.3) is 0 Å². The van der Waals surface area contributed by atoms with Crippen LogP contribution in [0.3, 0.4) is 0 Å². The largest absolute Gasteiger partial charge is 0.469 e. The predicted molar refractivity (Wildman–Crippen MR) is 96.1 cm³/mol. The number of hydrazine groups is 1. The summed E-state index contributed by atoms with van der Waals surface area (Å²) in [5.41, 5.74) is 6.46. The molecule has 1 heterocycles. The molecule has 0 spiro atoms. The normalized spacial score (nSPS) is 24.8. The van der Waals surface area contributed by atoms with E-state index in [4.69, 9.17) is 4.74 Å². The maximum Gasteiger partial charge on any atom is 0.310 e. The minimum Gasteiger partial charge on any atom is -0.469 e. The van der Waals surface area contributed by atoms with E-state index in [2.05, 4.69) is 10.9 Å². The summed E-state index contributed by atoms with van der Waals surface area (Å²) in [5, 5.41) is 0. The highest BCUT2D eigenvalue weighted by atomic mass is 16.5. The number of rotatable bonds is 1. The highest BCUT2D eigenvalue weighted by molar-refractivity contribution is 5.72. The molecule has 1 aliphatic heterocycles. The minimum atomic E-state index is -0.0785. The highest BCUT2D eigenvalue weighted by Crippen LogP contribution is 2.15. The molecule has 4 nitrogen and oxygen atoms in total. The van der Waals surface area contributed by atoms with Gasteiger partial charge in [-0.05, 0) is 12.8 Å². The van der Waals surface area contributed by atoms with Crippen LogP contribution in [0.5, 0.6) is 0 Å². The zero-order valence-electron chi connectivity index (χ0n) is 15.2. The number of carbonyl (C=O) groups excluding carboxylic acids is 1. The van der Waals surface area contributed by atoms with Crippen molar-refractivity contribution in [2.24, 2.45) is 5.92 Å². The second-order valence-corrected chi connectivity index (χ2v) is 6.91. The summed E-state index contributed by atoms with van der Waals surface area (Å²) in [5.74, 6) is -0.0974. The molecule has 136 valence electrons. The molecule has 0 aromatic carbocycles. The average molecular weight is 327 g/mol.